The predicted octanol–water partition coefficient (Wildman–Crippen LogP) is 3.30. The number of hydrogen-bond acceptors (Lipinski definition) is 6. The van der Waals surface area contributed by atoms with E-state index in [0.29, 0.717) is 29.7 Å². The summed E-state index contributed by atoms with van der Waals surface area (Å²) in [6.07, 6.45) is 0.702. The molecule has 5 nitrogen and oxygen atoms in total. The van der Waals surface area contributed by atoms with E-state index in [1.165, 1.54) is 0 Å². The van der Waals surface area contributed by atoms with Crippen LogP contribution in [0.1, 0.15) is 11.7 Å². The molecule has 0 spiro atoms. The van der Waals surface area contributed by atoms with Crippen molar-refractivity contribution in [3.8, 4) is 0 Å². The number of fused-ring (bicyclic) bond motifs is 1. The number of rotatable bonds is 4. The van der Waals surface area contributed by atoms with Crippen molar-refractivity contribution < 1.29 is 4.52 Å². The highest BCUT2D eigenvalue weighted by atomic mass is 35.5. The molecule has 0 fully saturated rings. The van der Waals surface area contributed by atoms with Gasteiger partial charge in [0.1, 0.15) is 0 Å². The molecule has 2 aromatic heterocycles. The first kappa shape index (κ1) is 12.4. The van der Waals surface area contributed by atoms with Crippen molar-refractivity contribution in [2.45, 2.75) is 13.3 Å². The average molecular weight is 295 g/mol. The van der Waals surface area contributed by atoms with E-state index < -0.39 is 0 Å². The number of anilines is 1. The van der Waals surface area contributed by atoms with E-state index in [2.05, 4.69) is 20.4 Å². The monoisotopic (exact) mass is 294 g/mol. The lowest BCUT2D eigenvalue weighted by atomic mass is 10.3. The molecular weight excluding hydrogens is 284 g/mol. The number of aromatic nitrogens is 3. The number of aryl methyl sites for hydroxylation is 1. The Kier molecular flexibility index (Phi) is 3.35. The van der Waals surface area contributed by atoms with Crippen molar-refractivity contribution in [1.82, 2.24) is 15.1 Å². The summed E-state index contributed by atoms with van der Waals surface area (Å²) in [6, 6.07) is 5.71. The van der Waals surface area contributed by atoms with Crippen LogP contribution in [0.2, 0.25) is 5.02 Å². The number of nitrogens with one attached hydrogen (secondary N) is 1. The largest absolute Gasteiger partial charge is 0.361 e. The Morgan fingerprint density at radius 3 is 3.05 bits per heavy atom. The zero-order valence-corrected chi connectivity index (χ0v) is 11.8. The van der Waals surface area contributed by atoms with Crippen LogP contribution in [0.3, 0.4) is 0 Å². The number of hydrogen-bond donors (Lipinski definition) is 1. The van der Waals surface area contributed by atoms with Gasteiger partial charge in [0, 0.05) is 24.9 Å². The fourth-order valence-electron chi connectivity index (χ4n) is 1.70. The summed E-state index contributed by atoms with van der Waals surface area (Å²) < 4.78 is 6.03. The first-order valence-corrected chi connectivity index (χ1v) is 6.99. The normalized spacial score (nSPS) is 11.1. The molecule has 0 amide bonds. The fraction of sp³-hybridized carbons (Fsp3) is 0.250. The van der Waals surface area contributed by atoms with E-state index in [0.717, 1.165) is 15.3 Å². The van der Waals surface area contributed by atoms with E-state index in [-0.39, 0.29) is 0 Å². The van der Waals surface area contributed by atoms with Gasteiger partial charge in [-0.2, -0.15) is 4.98 Å². The molecule has 0 aliphatic carbocycles. The molecule has 0 unspecified atom stereocenters. The van der Waals surface area contributed by atoms with E-state index in [4.69, 9.17) is 16.1 Å². The molecule has 0 saturated carbocycles. The number of halogens is 1. The topological polar surface area (TPSA) is 63.8 Å². The second-order valence-electron chi connectivity index (χ2n) is 4.04. The lowest BCUT2D eigenvalue weighted by molar-refractivity contribution is 0.387. The van der Waals surface area contributed by atoms with E-state index >= 15 is 0 Å². The van der Waals surface area contributed by atoms with Gasteiger partial charge in [0.05, 0.1) is 10.2 Å². The minimum Gasteiger partial charge on any atom is -0.361 e. The minimum atomic E-state index is 0.588. The predicted molar refractivity (Wildman–Crippen MR) is 75.9 cm³/mol. The number of nitrogens with zero attached hydrogens (tertiary/aromatic N) is 3. The van der Waals surface area contributed by atoms with Gasteiger partial charge in [-0.3, -0.25) is 0 Å². The molecule has 3 aromatic rings. The van der Waals surface area contributed by atoms with Crippen molar-refractivity contribution in [3.05, 3.63) is 34.9 Å². The van der Waals surface area contributed by atoms with Gasteiger partial charge < -0.3 is 9.84 Å². The molecule has 0 saturated heterocycles. The smallest absolute Gasteiger partial charge is 0.223 e. The Hall–Kier alpha value is -1.66. The molecule has 7 heteroatoms. The summed E-state index contributed by atoms with van der Waals surface area (Å²) in [6.45, 7) is 2.49. The summed E-state index contributed by atoms with van der Waals surface area (Å²) in [7, 11) is 0. The second kappa shape index (κ2) is 5.14. The molecule has 0 radical (unpaired) electrons. The maximum atomic E-state index is 5.93. The molecule has 98 valence electrons. The molecule has 1 N–H and O–H groups in total. The van der Waals surface area contributed by atoms with Crippen molar-refractivity contribution in [2.75, 3.05) is 11.9 Å². The van der Waals surface area contributed by atoms with E-state index in [1.807, 2.05) is 18.2 Å². The summed E-state index contributed by atoms with van der Waals surface area (Å²) in [5.41, 5.74) is 0.912. The molecule has 19 heavy (non-hydrogen) atoms. The van der Waals surface area contributed by atoms with Crippen LogP contribution >= 0.6 is 22.9 Å². The summed E-state index contributed by atoms with van der Waals surface area (Å²) in [5, 5.41) is 8.67. The van der Waals surface area contributed by atoms with Gasteiger partial charge in [-0.05, 0) is 18.2 Å². The molecule has 0 aliphatic rings. The van der Waals surface area contributed by atoms with Crippen LogP contribution in [0, 0.1) is 6.92 Å². The quantitative estimate of drug-likeness (QED) is 0.800. The highest BCUT2D eigenvalue weighted by molar-refractivity contribution is 7.22. The molecule has 0 bridgehead atoms. The number of benzene rings is 1. The summed E-state index contributed by atoms with van der Waals surface area (Å²) in [5.74, 6) is 1.29. The van der Waals surface area contributed by atoms with E-state index in [1.54, 1.807) is 18.3 Å². The van der Waals surface area contributed by atoms with Crippen LogP contribution in [-0.4, -0.2) is 21.7 Å². The maximum Gasteiger partial charge on any atom is 0.223 e. The fourth-order valence-corrected chi connectivity index (χ4v) is 2.74. The van der Waals surface area contributed by atoms with Gasteiger partial charge in [-0.25, -0.2) is 4.98 Å². The summed E-state index contributed by atoms with van der Waals surface area (Å²) in [4.78, 5) is 8.61. The van der Waals surface area contributed by atoms with Crippen LogP contribution in [0.5, 0.6) is 0 Å². The minimum absolute atomic E-state index is 0.588. The third-order valence-corrected chi connectivity index (χ3v) is 3.77. The van der Waals surface area contributed by atoms with Gasteiger partial charge in [-0.1, -0.05) is 28.1 Å². The maximum absolute atomic E-state index is 5.93. The van der Waals surface area contributed by atoms with E-state index in [9.17, 15) is 0 Å². The third kappa shape index (κ3) is 2.85. The lowest BCUT2D eigenvalue weighted by Crippen LogP contribution is -2.05. The zero-order valence-electron chi connectivity index (χ0n) is 10.2. The van der Waals surface area contributed by atoms with Crippen molar-refractivity contribution in [1.29, 1.82) is 0 Å². The highest BCUT2D eigenvalue weighted by Gasteiger charge is 2.05. The van der Waals surface area contributed by atoms with Gasteiger partial charge in [0.25, 0.3) is 0 Å². The van der Waals surface area contributed by atoms with Crippen LogP contribution in [0.4, 0.5) is 5.13 Å². The molecule has 0 atom stereocenters. The Bertz CT molecular complexity index is 709. The Labute approximate surface area is 118 Å². The molecule has 3 rings (SSSR count). The SMILES string of the molecule is Cc1nc(CCNc2nc3cc(Cl)ccc3s2)no1. The van der Waals surface area contributed by atoms with Gasteiger partial charge in [-0.15, -0.1) is 0 Å². The standard InChI is InChI=1S/C12H11ClN4OS/c1-7-15-11(17-18-7)4-5-14-12-16-9-6-8(13)2-3-10(9)19-12/h2-3,6H,4-5H2,1H3,(H,14,16). The molecule has 0 aliphatic heterocycles. The average Bonchev–Trinajstić information content (AvgIpc) is 2.95. The van der Waals surface area contributed by atoms with Crippen LogP contribution in [0.25, 0.3) is 10.2 Å². The van der Waals surface area contributed by atoms with Gasteiger partial charge in [0.15, 0.2) is 11.0 Å². The highest BCUT2D eigenvalue weighted by Crippen LogP contribution is 2.27. The molecule has 1 aromatic carbocycles. The van der Waals surface area contributed by atoms with Crippen molar-refractivity contribution in [3.63, 3.8) is 0 Å². The Morgan fingerprint density at radius 1 is 1.37 bits per heavy atom. The third-order valence-electron chi connectivity index (χ3n) is 2.54. The molecule has 2 heterocycles. The van der Waals surface area contributed by atoms with Gasteiger partial charge in [0.2, 0.25) is 5.89 Å². The Balaban J connectivity index is 1.65. The first-order valence-electron chi connectivity index (χ1n) is 5.80. The second-order valence-corrected chi connectivity index (χ2v) is 5.50. The van der Waals surface area contributed by atoms with Crippen LogP contribution in [0.15, 0.2) is 22.7 Å². The zero-order chi connectivity index (χ0) is 13.2. The van der Waals surface area contributed by atoms with Crippen LogP contribution < -0.4 is 5.32 Å². The molecular formula is C12H11ClN4OS. The van der Waals surface area contributed by atoms with Crippen molar-refractivity contribution >= 4 is 38.3 Å². The summed E-state index contributed by atoms with van der Waals surface area (Å²) >= 11 is 7.53. The Morgan fingerprint density at radius 2 is 2.26 bits per heavy atom. The van der Waals surface area contributed by atoms with Gasteiger partial charge >= 0.3 is 0 Å². The lowest BCUT2D eigenvalue weighted by Gasteiger charge is -1.97. The first-order chi connectivity index (χ1) is 9.20. The van der Waals surface area contributed by atoms with Crippen molar-refractivity contribution in [2.24, 2.45) is 0 Å². The van der Waals surface area contributed by atoms with Crippen LogP contribution in [-0.2, 0) is 6.42 Å². The number of thiazole rings is 1.